The quantitative estimate of drug-likeness (QED) is 0.774. The van der Waals surface area contributed by atoms with Gasteiger partial charge in [-0.2, -0.15) is 0 Å². The molecular formula is C13H16F2N4O2. The fourth-order valence-electron chi connectivity index (χ4n) is 2.84. The summed E-state index contributed by atoms with van der Waals surface area (Å²) in [6, 6.07) is -0.226. The van der Waals surface area contributed by atoms with E-state index in [0.717, 1.165) is 4.90 Å². The maximum absolute atomic E-state index is 12.8. The molecule has 0 bridgehead atoms. The van der Waals surface area contributed by atoms with Crippen molar-refractivity contribution >= 4 is 11.8 Å². The third-order valence-electron chi connectivity index (χ3n) is 3.99. The molecule has 0 spiro atoms. The summed E-state index contributed by atoms with van der Waals surface area (Å²) in [6.45, 7) is 3.33. The summed E-state index contributed by atoms with van der Waals surface area (Å²) in [6.07, 6.45) is 1.59. The van der Waals surface area contributed by atoms with Gasteiger partial charge in [0, 0.05) is 26.2 Å². The SMILES string of the molecule is CC(=O)N1CCn2cc(C(=O)N3CC(F)(F)C3)nc2[C@@H]1C. The number of halogens is 2. The molecular weight excluding hydrogens is 282 g/mol. The highest BCUT2D eigenvalue weighted by molar-refractivity contribution is 5.93. The molecule has 1 aromatic heterocycles. The first-order valence-corrected chi connectivity index (χ1v) is 6.80. The minimum absolute atomic E-state index is 0.0491. The molecule has 114 valence electrons. The van der Waals surface area contributed by atoms with E-state index in [1.165, 1.54) is 6.92 Å². The standard InChI is InChI=1S/C13H16F2N4O2/c1-8-11-16-10(12(21)18-6-13(14,15)7-18)5-17(11)3-4-19(8)9(2)20/h5,8H,3-4,6-7H2,1-2H3/t8-/m0/s1. The molecule has 3 rings (SSSR count). The molecule has 2 aliphatic rings. The van der Waals surface area contributed by atoms with Crippen LogP contribution in [0.5, 0.6) is 0 Å². The maximum Gasteiger partial charge on any atom is 0.282 e. The van der Waals surface area contributed by atoms with Crippen molar-refractivity contribution in [3.8, 4) is 0 Å². The van der Waals surface area contributed by atoms with Gasteiger partial charge in [-0.1, -0.05) is 0 Å². The molecule has 2 aliphatic heterocycles. The van der Waals surface area contributed by atoms with Crippen LogP contribution in [0.3, 0.4) is 0 Å². The second-order valence-corrected chi connectivity index (χ2v) is 5.58. The third kappa shape index (κ3) is 2.28. The zero-order chi connectivity index (χ0) is 15.4. The number of alkyl halides is 2. The monoisotopic (exact) mass is 298 g/mol. The number of amides is 2. The Balaban J connectivity index is 1.80. The van der Waals surface area contributed by atoms with Crippen LogP contribution in [-0.4, -0.2) is 56.7 Å². The van der Waals surface area contributed by atoms with Gasteiger partial charge in [-0.05, 0) is 6.92 Å². The van der Waals surface area contributed by atoms with Crippen LogP contribution in [0.25, 0.3) is 0 Å². The predicted molar refractivity (Wildman–Crippen MR) is 68.9 cm³/mol. The number of carbonyl (C=O) groups excluding carboxylic acids is 2. The highest BCUT2D eigenvalue weighted by Gasteiger charge is 2.47. The highest BCUT2D eigenvalue weighted by atomic mass is 19.3. The Kier molecular flexibility index (Phi) is 3.00. The first-order chi connectivity index (χ1) is 9.78. The number of likely N-dealkylation sites (tertiary alicyclic amines) is 1. The first kappa shape index (κ1) is 14.0. The van der Waals surface area contributed by atoms with Crippen LogP contribution in [-0.2, 0) is 11.3 Å². The Morgan fingerprint density at radius 1 is 1.33 bits per heavy atom. The fraction of sp³-hybridized carbons (Fsp3) is 0.615. The van der Waals surface area contributed by atoms with E-state index in [4.69, 9.17) is 0 Å². The van der Waals surface area contributed by atoms with Gasteiger partial charge in [0.15, 0.2) is 0 Å². The molecule has 6 nitrogen and oxygen atoms in total. The van der Waals surface area contributed by atoms with Crippen molar-refractivity contribution < 1.29 is 18.4 Å². The summed E-state index contributed by atoms with van der Waals surface area (Å²) in [7, 11) is 0. The van der Waals surface area contributed by atoms with E-state index >= 15 is 0 Å². The van der Waals surface area contributed by atoms with Crippen molar-refractivity contribution in [2.45, 2.75) is 32.4 Å². The lowest BCUT2D eigenvalue weighted by Crippen LogP contribution is -2.58. The molecule has 8 heteroatoms. The zero-order valence-electron chi connectivity index (χ0n) is 11.8. The number of nitrogens with zero attached hydrogens (tertiary/aromatic N) is 4. The van der Waals surface area contributed by atoms with Gasteiger partial charge < -0.3 is 14.4 Å². The Hall–Kier alpha value is -1.99. The van der Waals surface area contributed by atoms with Crippen LogP contribution >= 0.6 is 0 Å². The van der Waals surface area contributed by atoms with Crippen LogP contribution < -0.4 is 0 Å². The van der Waals surface area contributed by atoms with Gasteiger partial charge in [-0.15, -0.1) is 0 Å². The number of carbonyl (C=O) groups is 2. The molecule has 1 aromatic rings. The summed E-state index contributed by atoms with van der Waals surface area (Å²) in [5, 5.41) is 0. The third-order valence-corrected chi connectivity index (χ3v) is 3.99. The molecule has 0 N–H and O–H groups in total. The molecule has 0 aliphatic carbocycles. The smallest absolute Gasteiger partial charge is 0.282 e. The van der Waals surface area contributed by atoms with Gasteiger partial charge in [0.25, 0.3) is 11.8 Å². The predicted octanol–water partition coefficient (Wildman–Crippen LogP) is 0.897. The van der Waals surface area contributed by atoms with Crippen molar-refractivity contribution in [1.82, 2.24) is 19.4 Å². The summed E-state index contributed by atoms with van der Waals surface area (Å²) in [5.41, 5.74) is 0.165. The average Bonchev–Trinajstić information content (AvgIpc) is 2.79. The Bertz CT molecular complexity index is 605. The molecule has 0 saturated carbocycles. The van der Waals surface area contributed by atoms with E-state index in [9.17, 15) is 18.4 Å². The number of hydrogen-bond donors (Lipinski definition) is 0. The summed E-state index contributed by atoms with van der Waals surface area (Å²) < 4.78 is 27.5. The van der Waals surface area contributed by atoms with Crippen molar-refractivity contribution in [2.75, 3.05) is 19.6 Å². The van der Waals surface area contributed by atoms with Gasteiger partial charge in [0.1, 0.15) is 11.5 Å². The van der Waals surface area contributed by atoms with E-state index < -0.39 is 24.9 Å². The Labute approximate surface area is 120 Å². The number of aromatic nitrogens is 2. The molecule has 0 unspecified atom stereocenters. The molecule has 0 aromatic carbocycles. The number of fused-ring (bicyclic) bond motifs is 1. The minimum atomic E-state index is -2.78. The zero-order valence-corrected chi connectivity index (χ0v) is 11.8. The lowest BCUT2D eigenvalue weighted by atomic mass is 10.1. The molecule has 0 radical (unpaired) electrons. The average molecular weight is 298 g/mol. The van der Waals surface area contributed by atoms with Gasteiger partial charge in [0.05, 0.1) is 19.1 Å². The van der Waals surface area contributed by atoms with E-state index in [-0.39, 0.29) is 17.6 Å². The van der Waals surface area contributed by atoms with E-state index in [1.807, 2.05) is 11.5 Å². The van der Waals surface area contributed by atoms with Crippen LogP contribution in [0.15, 0.2) is 6.20 Å². The molecule has 3 heterocycles. The molecule has 2 amide bonds. The van der Waals surface area contributed by atoms with Crippen molar-refractivity contribution in [2.24, 2.45) is 0 Å². The summed E-state index contributed by atoms with van der Waals surface area (Å²) in [4.78, 5) is 30.6. The Morgan fingerprint density at radius 3 is 2.57 bits per heavy atom. The van der Waals surface area contributed by atoms with Gasteiger partial charge in [-0.3, -0.25) is 9.59 Å². The van der Waals surface area contributed by atoms with Crippen molar-refractivity contribution in [3.05, 3.63) is 17.7 Å². The second kappa shape index (κ2) is 4.51. The lowest BCUT2D eigenvalue weighted by Gasteiger charge is -2.38. The second-order valence-electron chi connectivity index (χ2n) is 5.58. The normalized spacial score (nSPS) is 23.5. The molecule has 1 fully saturated rings. The Morgan fingerprint density at radius 2 is 2.00 bits per heavy atom. The number of imidazole rings is 1. The van der Waals surface area contributed by atoms with Gasteiger partial charge >= 0.3 is 0 Å². The largest absolute Gasteiger partial charge is 0.331 e. The first-order valence-electron chi connectivity index (χ1n) is 6.80. The van der Waals surface area contributed by atoms with Crippen molar-refractivity contribution in [3.63, 3.8) is 0 Å². The summed E-state index contributed by atoms with van der Waals surface area (Å²) in [5.74, 6) is -2.70. The minimum Gasteiger partial charge on any atom is -0.331 e. The molecule has 1 atom stereocenters. The highest BCUT2D eigenvalue weighted by Crippen LogP contribution is 2.29. The van der Waals surface area contributed by atoms with Crippen LogP contribution in [0, 0.1) is 0 Å². The maximum atomic E-state index is 12.8. The van der Waals surface area contributed by atoms with E-state index in [2.05, 4.69) is 4.98 Å². The van der Waals surface area contributed by atoms with Gasteiger partial charge in [-0.25, -0.2) is 13.8 Å². The molecule has 1 saturated heterocycles. The summed E-state index contributed by atoms with van der Waals surface area (Å²) >= 11 is 0. The molecule has 21 heavy (non-hydrogen) atoms. The lowest BCUT2D eigenvalue weighted by molar-refractivity contribution is -0.132. The van der Waals surface area contributed by atoms with Crippen LogP contribution in [0.4, 0.5) is 8.78 Å². The van der Waals surface area contributed by atoms with Crippen LogP contribution in [0.1, 0.15) is 36.2 Å². The van der Waals surface area contributed by atoms with Crippen molar-refractivity contribution in [1.29, 1.82) is 0 Å². The number of hydrogen-bond acceptors (Lipinski definition) is 3. The number of rotatable bonds is 1. The topological polar surface area (TPSA) is 58.4 Å². The fourth-order valence-corrected chi connectivity index (χ4v) is 2.84. The van der Waals surface area contributed by atoms with Gasteiger partial charge in [0.2, 0.25) is 5.91 Å². The van der Waals surface area contributed by atoms with E-state index in [0.29, 0.717) is 18.9 Å². The van der Waals surface area contributed by atoms with Crippen LogP contribution in [0.2, 0.25) is 0 Å². The van der Waals surface area contributed by atoms with E-state index in [1.54, 1.807) is 11.1 Å².